The Bertz CT molecular complexity index is 646. The van der Waals surface area contributed by atoms with Gasteiger partial charge in [0.1, 0.15) is 17.6 Å². The van der Waals surface area contributed by atoms with Gasteiger partial charge in [0.25, 0.3) is 0 Å². The van der Waals surface area contributed by atoms with Crippen LogP contribution in [0.25, 0.3) is 0 Å². The lowest BCUT2D eigenvalue weighted by atomic mass is 9.75. The molecule has 0 aliphatic heterocycles. The summed E-state index contributed by atoms with van der Waals surface area (Å²) in [5.74, 6) is -2.35. The second kappa shape index (κ2) is 10.6. The highest BCUT2D eigenvalue weighted by Gasteiger charge is 2.46. The first kappa shape index (κ1) is 24.2. The third-order valence-electron chi connectivity index (χ3n) is 4.93. The fraction of sp³-hybridized carbons (Fsp3) is 0.722. The first-order valence-electron chi connectivity index (χ1n) is 9.76. The number of hydrogen-bond donors (Lipinski definition) is 7. The fourth-order valence-electron chi connectivity index (χ4n) is 3.19. The van der Waals surface area contributed by atoms with Gasteiger partial charge < -0.3 is 32.7 Å². The van der Waals surface area contributed by atoms with Gasteiger partial charge >= 0.3 is 0 Å². The van der Waals surface area contributed by atoms with E-state index in [1.165, 1.54) is 6.92 Å². The van der Waals surface area contributed by atoms with Crippen molar-refractivity contribution in [1.29, 1.82) is 5.41 Å². The van der Waals surface area contributed by atoms with Crippen molar-refractivity contribution in [2.24, 2.45) is 17.4 Å². The number of carbonyl (C=O) groups is 4. The quantitative estimate of drug-likeness (QED) is 0.122. The molecule has 0 aromatic rings. The highest BCUT2D eigenvalue weighted by molar-refractivity contribution is 5.96. The van der Waals surface area contributed by atoms with Crippen molar-refractivity contribution in [2.45, 2.75) is 70.5 Å². The minimum atomic E-state index is -1.01. The Morgan fingerprint density at radius 1 is 1.10 bits per heavy atom. The van der Waals surface area contributed by atoms with Crippen LogP contribution >= 0.6 is 0 Å². The number of carbonyl (C=O) groups excluding carboxylic acids is 4. The standard InChI is InChI=1S/C18H33N7O4/c1-10(2)13(14(19)27)24-15(28)12(6-4-9-22-17(20)21)23-16(29)18(7-5-8-18)25-11(3)26/h10,12-13H,4-9H2,1-3H3,(H2,19,27)(H,23,29)(H,24,28)(H,25,26)(H4,20,21,22)/t12-,13-/m0/s1. The molecule has 2 atom stereocenters. The minimum absolute atomic E-state index is 0.192. The zero-order valence-electron chi connectivity index (χ0n) is 17.3. The third kappa shape index (κ3) is 7.24. The van der Waals surface area contributed by atoms with Crippen LogP contribution in [0.4, 0.5) is 0 Å². The van der Waals surface area contributed by atoms with Crippen LogP contribution in [-0.2, 0) is 19.2 Å². The molecular formula is C18H33N7O4. The first-order valence-corrected chi connectivity index (χ1v) is 9.76. The van der Waals surface area contributed by atoms with Crippen molar-refractivity contribution >= 4 is 29.6 Å². The van der Waals surface area contributed by atoms with Crippen molar-refractivity contribution < 1.29 is 19.2 Å². The lowest BCUT2D eigenvalue weighted by molar-refractivity contribution is -0.139. The van der Waals surface area contributed by atoms with Gasteiger partial charge in [0.2, 0.25) is 23.6 Å². The van der Waals surface area contributed by atoms with E-state index in [0.29, 0.717) is 25.8 Å². The molecule has 1 rings (SSSR count). The first-order chi connectivity index (χ1) is 13.5. The van der Waals surface area contributed by atoms with E-state index < -0.39 is 35.3 Å². The molecule has 11 heteroatoms. The van der Waals surface area contributed by atoms with E-state index >= 15 is 0 Å². The predicted molar refractivity (Wildman–Crippen MR) is 107 cm³/mol. The van der Waals surface area contributed by atoms with Gasteiger partial charge in [-0.15, -0.1) is 0 Å². The molecule has 0 aromatic heterocycles. The SMILES string of the molecule is CC(=O)NC1(C(=O)N[C@@H](CCCNC(=N)N)C(=O)N[C@H](C(N)=O)C(C)C)CCC1. The molecule has 1 fully saturated rings. The molecule has 0 unspecified atom stereocenters. The van der Waals surface area contributed by atoms with Crippen molar-refractivity contribution in [3.05, 3.63) is 0 Å². The molecule has 29 heavy (non-hydrogen) atoms. The van der Waals surface area contributed by atoms with Crippen molar-refractivity contribution in [3.8, 4) is 0 Å². The lowest BCUT2D eigenvalue weighted by Gasteiger charge is -2.41. The Hall–Kier alpha value is -2.85. The summed E-state index contributed by atoms with van der Waals surface area (Å²) in [6.07, 6.45) is 2.47. The molecule has 0 radical (unpaired) electrons. The van der Waals surface area contributed by atoms with E-state index in [2.05, 4.69) is 21.3 Å². The van der Waals surface area contributed by atoms with Gasteiger partial charge in [-0.05, 0) is 38.0 Å². The normalized spacial score (nSPS) is 16.7. The maximum atomic E-state index is 12.8. The monoisotopic (exact) mass is 411 g/mol. The number of amides is 4. The van der Waals surface area contributed by atoms with Gasteiger partial charge in [-0.2, -0.15) is 0 Å². The maximum Gasteiger partial charge on any atom is 0.246 e. The van der Waals surface area contributed by atoms with Gasteiger partial charge in [0.05, 0.1) is 0 Å². The van der Waals surface area contributed by atoms with Gasteiger partial charge in [-0.3, -0.25) is 24.6 Å². The Kier molecular flexibility index (Phi) is 8.86. The molecule has 0 saturated heterocycles. The largest absolute Gasteiger partial charge is 0.370 e. The number of guanidine groups is 1. The molecule has 0 heterocycles. The van der Waals surface area contributed by atoms with Crippen LogP contribution in [0.2, 0.25) is 0 Å². The molecule has 0 aromatic carbocycles. The Morgan fingerprint density at radius 2 is 1.72 bits per heavy atom. The smallest absolute Gasteiger partial charge is 0.246 e. The van der Waals surface area contributed by atoms with Crippen LogP contribution in [-0.4, -0.2) is 53.8 Å². The summed E-state index contributed by atoms with van der Waals surface area (Å²) in [4.78, 5) is 48.7. The van der Waals surface area contributed by atoms with Crippen LogP contribution in [0.3, 0.4) is 0 Å². The van der Waals surface area contributed by atoms with E-state index in [1.807, 2.05) is 0 Å². The average molecular weight is 412 g/mol. The Morgan fingerprint density at radius 3 is 2.14 bits per heavy atom. The fourth-order valence-corrected chi connectivity index (χ4v) is 3.19. The highest BCUT2D eigenvalue weighted by atomic mass is 16.2. The number of nitrogens with one attached hydrogen (secondary N) is 5. The van der Waals surface area contributed by atoms with E-state index in [0.717, 1.165) is 6.42 Å². The molecule has 11 nitrogen and oxygen atoms in total. The van der Waals surface area contributed by atoms with Crippen LogP contribution < -0.4 is 32.7 Å². The second-order valence-electron chi connectivity index (χ2n) is 7.76. The van der Waals surface area contributed by atoms with E-state index in [4.69, 9.17) is 16.9 Å². The van der Waals surface area contributed by atoms with Gasteiger partial charge in [-0.25, -0.2) is 0 Å². The number of nitrogens with two attached hydrogens (primary N) is 2. The summed E-state index contributed by atoms with van der Waals surface area (Å²) >= 11 is 0. The summed E-state index contributed by atoms with van der Waals surface area (Å²) in [6, 6.07) is -1.80. The van der Waals surface area contributed by atoms with E-state index in [-0.39, 0.29) is 24.2 Å². The molecule has 1 aliphatic carbocycles. The van der Waals surface area contributed by atoms with Crippen molar-refractivity contribution in [2.75, 3.05) is 6.54 Å². The molecule has 9 N–H and O–H groups in total. The second-order valence-corrected chi connectivity index (χ2v) is 7.76. The van der Waals surface area contributed by atoms with Gasteiger partial charge in [0, 0.05) is 13.5 Å². The third-order valence-corrected chi connectivity index (χ3v) is 4.93. The molecular weight excluding hydrogens is 378 g/mol. The van der Waals surface area contributed by atoms with E-state index in [1.54, 1.807) is 13.8 Å². The number of hydrogen-bond acceptors (Lipinski definition) is 5. The summed E-state index contributed by atoms with van der Waals surface area (Å²) in [7, 11) is 0. The summed E-state index contributed by atoms with van der Waals surface area (Å²) in [5, 5.41) is 17.8. The Balaban J connectivity index is 2.87. The highest BCUT2D eigenvalue weighted by Crippen LogP contribution is 2.32. The summed E-state index contributed by atoms with van der Waals surface area (Å²) < 4.78 is 0. The number of primary amides is 1. The van der Waals surface area contributed by atoms with Gasteiger partial charge in [-0.1, -0.05) is 13.8 Å². The Labute approximate surface area is 170 Å². The molecule has 1 saturated carbocycles. The molecule has 0 spiro atoms. The topological polar surface area (TPSA) is 192 Å². The van der Waals surface area contributed by atoms with Crippen LogP contribution in [0, 0.1) is 11.3 Å². The van der Waals surface area contributed by atoms with Crippen LogP contribution in [0.5, 0.6) is 0 Å². The minimum Gasteiger partial charge on any atom is -0.370 e. The zero-order chi connectivity index (χ0) is 22.2. The van der Waals surface area contributed by atoms with Crippen LogP contribution in [0.1, 0.15) is 52.9 Å². The number of rotatable bonds is 11. The predicted octanol–water partition coefficient (Wildman–Crippen LogP) is -1.58. The van der Waals surface area contributed by atoms with Crippen LogP contribution in [0.15, 0.2) is 0 Å². The van der Waals surface area contributed by atoms with Crippen molar-refractivity contribution in [3.63, 3.8) is 0 Å². The lowest BCUT2D eigenvalue weighted by Crippen LogP contribution is -2.65. The molecule has 164 valence electrons. The van der Waals surface area contributed by atoms with Gasteiger partial charge in [0.15, 0.2) is 5.96 Å². The zero-order valence-corrected chi connectivity index (χ0v) is 17.3. The summed E-state index contributed by atoms with van der Waals surface area (Å²) in [6.45, 7) is 5.18. The van der Waals surface area contributed by atoms with E-state index in [9.17, 15) is 19.2 Å². The van der Waals surface area contributed by atoms with Crippen molar-refractivity contribution in [1.82, 2.24) is 21.3 Å². The summed E-state index contributed by atoms with van der Waals surface area (Å²) in [5.41, 5.74) is 9.59. The molecule has 0 bridgehead atoms. The molecule has 4 amide bonds. The molecule has 1 aliphatic rings. The average Bonchev–Trinajstić information content (AvgIpc) is 2.57. The maximum absolute atomic E-state index is 12.8.